The summed E-state index contributed by atoms with van der Waals surface area (Å²) in [6.07, 6.45) is 1.82. The predicted octanol–water partition coefficient (Wildman–Crippen LogP) is -0.589. The number of likely N-dealkylation sites (N-methyl/N-ethyl adjacent to an activating group) is 1. The van der Waals surface area contributed by atoms with Crippen LogP contribution in [0.1, 0.15) is 12.8 Å². The predicted molar refractivity (Wildman–Crippen MR) is 84.3 cm³/mol. The van der Waals surface area contributed by atoms with Gasteiger partial charge in [0.1, 0.15) is 30.8 Å². The summed E-state index contributed by atoms with van der Waals surface area (Å²) in [6, 6.07) is 4.60. The van der Waals surface area contributed by atoms with E-state index >= 15 is 0 Å². The molecular formula is C16H26ClFN2O2+2. The number of halogens is 2. The molecule has 0 saturated carbocycles. The largest absolute Gasteiger partial charge is 0.489 e. The van der Waals surface area contributed by atoms with Crippen LogP contribution in [0.4, 0.5) is 4.39 Å². The second-order valence-corrected chi connectivity index (χ2v) is 6.73. The van der Waals surface area contributed by atoms with Gasteiger partial charge in [-0.2, -0.15) is 0 Å². The highest BCUT2D eigenvalue weighted by atomic mass is 35.5. The Balaban J connectivity index is 1.76. The molecule has 1 aliphatic heterocycles. The maximum Gasteiger partial charge on any atom is 0.138 e. The maximum absolute atomic E-state index is 13.0. The first kappa shape index (κ1) is 17.5. The lowest BCUT2D eigenvalue weighted by atomic mass is 10.0. The van der Waals surface area contributed by atoms with Crippen molar-refractivity contribution in [3.05, 3.63) is 29.0 Å². The lowest BCUT2D eigenvalue weighted by Gasteiger charge is -2.31. The van der Waals surface area contributed by atoms with Crippen LogP contribution >= 0.6 is 11.6 Å². The summed E-state index contributed by atoms with van der Waals surface area (Å²) in [5, 5.41) is 10.4. The number of piperidine rings is 1. The second-order valence-electron chi connectivity index (χ2n) is 6.32. The van der Waals surface area contributed by atoms with Crippen LogP contribution in [0.15, 0.2) is 18.2 Å². The van der Waals surface area contributed by atoms with Crippen LogP contribution in [0.3, 0.4) is 0 Å². The highest BCUT2D eigenvalue weighted by Crippen LogP contribution is 2.24. The third-order valence-corrected chi connectivity index (χ3v) is 4.71. The molecule has 0 aliphatic carbocycles. The molecule has 4 nitrogen and oxygen atoms in total. The summed E-state index contributed by atoms with van der Waals surface area (Å²) in [4.78, 5) is 2.92. The van der Waals surface area contributed by atoms with Gasteiger partial charge >= 0.3 is 0 Å². The molecule has 2 rings (SSSR count). The topological polar surface area (TPSA) is 38.3 Å². The molecule has 1 fully saturated rings. The van der Waals surface area contributed by atoms with E-state index in [0.29, 0.717) is 18.3 Å². The molecule has 1 unspecified atom stereocenters. The molecule has 0 spiro atoms. The van der Waals surface area contributed by atoms with E-state index < -0.39 is 11.9 Å². The van der Waals surface area contributed by atoms with Gasteiger partial charge < -0.3 is 19.6 Å². The van der Waals surface area contributed by atoms with Crippen molar-refractivity contribution in [1.82, 2.24) is 0 Å². The molecular weight excluding hydrogens is 307 g/mol. The van der Waals surface area contributed by atoms with Crippen LogP contribution in [-0.4, -0.2) is 57.6 Å². The molecule has 1 aromatic carbocycles. The molecule has 1 aliphatic rings. The van der Waals surface area contributed by atoms with Crippen molar-refractivity contribution in [2.45, 2.75) is 25.0 Å². The normalized spacial score (nSPS) is 24.8. The summed E-state index contributed by atoms with van der Waals surface area (Å²) in [5.74, 6) is 0.00846. The third-order valence-electron chi connectivity index (χ3n) is 4.42. The number of aliphatic hydroxyl groups excluding tert-OH is 1. The van der Waals surface area contributed by atoms with Gasteiger partial charge in [-0.15, -0.1) is 0 Å². The van der Waals surface area contributed by atoms with Crippen molar-refractivity contribution >= 4 is 11.6 Å². The van der Waals surface area contributed by atoms with E-state index in [1.165, 1.54) is 49.0 Å². The van der Waals surface area contributed by atoms with Crippen LogP contribution in [0.5, 0.6) is 5.75 Å². The van der Waals surface area contributed by atoms with Crippen LogP contribution in [-0.2, 0) is 0 Å². The molecule has 3 N–H and O–H groups in total. The molecule has 0 radical (unpaired) electrons. The number of aliphatic hydroxyl groups is 1. The quantitative estimate of drug-likeness (QED) is 0.651. The van der Waals surface area contributed by atoms with E-state index in [9.17, 15) is 9.50 Å². The Labute approximate surface area is 136 Å². The molecule has 0 amide bonds. The van der Waals surface area contributed by atoms with Gasteiger partial charge in [-0.05, 0) is 18.2 Å². The fraction of sp³-hybridized carbons (Fsp3) is 0.625. The number of nitrogens with one attached hydrogen (secondary N) is 2. The first-order valence-electron chi connectivity index (χ1n) is 7.85. The van der Waals surface area contributed by atoms with E-state index in [1.807, 2.05) is 0 Å². The van der Waals surface area contributed by atoms with E-state index in [0.717, 1.165) is 0 Å². The number of benzene rings is 1. The van der Waals surface area contributed by atoms with Gasteiger partial charge in [0.05, 0.1) is 38.2 Å². The number of rotatable bonds is 6. The molecule has 1 saturated heterocycles. The Kier molecular flexibility index (Phi) is 6.44. The summed E-state index contributed by atoms with van der Waals surface area (Å²) >= 11 is 5.90. The minimum absolute atomic E-state index is 0.167. The number of hydrogen-bond donors (Lipinski definition) is 3. The van der Waals surface area contributed by atoms with Gasteiger partial charge in [0.2, 0.25) is 0 Å². The zero-order valence-corrected chi connectivity index (χ0v) is 14.0. The summed E-state index contributed by atoms with van der Waals surface area (Å²) in [7, 11) is 4.35. The van der Waals surface area contributed by atoms with Crippen molar-refractivity contribution in [3.63, 3.8) is 0 Å². The Morgan fingerprint density at radius 2 is 2.14 bits per heavy atom. The molecule has 0 bridgehead atoms. The van der Waals surface area contributed by atoms with E-state index in [1.54, 1.807) is 4.90 Å². The highest BCUT2D eigenvalue weighted by Gasteiger charge is 2.27. The molecule has 124 valence electrons. The first-order chi connectivity index (χ1) is 10.5. The summed E-state index contributed by atoms with van der Waals surface area (Å²) < 4.78 is 18.5. The average Bonchev–Trinajstić information content (AvgIpc) is 2.47. The Hall–Kier alpha value is -0.880. The van der Waals surface area contributed by atoms with Gasteiger partial charge in [-0.1, -0.05) is 11.6 Å². The van der Waals surface area contributed by atoms with Crippen LogP contribution in [0.25, 0.3) is 0 Å². The van der Waals surface area contributed by atoms with Gasteiger partial charge in [0.25, 0.3) is 0 Å². The van der Waals surface area contributed by atoms with Crippen molar-refractivity contribution in [2.24, 2.45) is 0 Å². The number of hydrogen-bond acceptors (Lipinski definition) is 2. The molecule has 1 heterocycles. The van der Waals surface area contributed by atoms with E-state index in [4.69, 9.17) is 16.3 Å². The Morgan fingerprint density at radius 3 is 2.77 bits per heavy atom. The fourth-order valence-corrected chi connectivity index (χ4v) is 3.20. The molecule has 1 aromatic rings. The highest BCUT2D eigenvalue weighted by molar-refractivity contribution is 6.32. The lowest BCUT2D eigenvalue weighted by Crippen LogP contribution is -3.18. The summed E-state index contributed by atoms with van der Waals surface area (Å²) in [6.45, 7) is 3.20. The van der Waals surface area contributed by atoms with Crippen molar-refractivity contribution in [2.75, 3.05) is 40.3 Å². The number of ether oxygens (including phenoxy) is 1. The minimum atomic E-state index is -0.562. The van der Waals surface area contributed by atoms with Gasteiger partial charge in [-0.3, -0.25) is 0 Å². The van der Waals surface area contributed by atoms with Crippen LogP contribution in [0, 0.1) is 5.82 Å². The fourth-order valence-electron chi connectivity index (χ4n) is 2.98. The lowest BCUT2D eigenvalue weighted by molar-refractivity contribution is -0.941. The SMILES string of the molecule is C[NH+]1CCC([NH+](C)C[C@@H](O)COc2ccc(F)cc2Cl)CC1. The van der Waals surface area contributed by atoms with Gasteiger partial charge in [0, 0.05) is 12.8 Å². The van der Waals surface area contributed by atoms with E-state index in [-0.39, 0.29) is 11.6 Å². The van der Waals surface area contributed by atoms with Crippen LogP contribution in [0.2, 0.25) is 5.02 Å². The standard InChI is InChI=1S/C16H24ClFN2O2/c1-19-7-5-13(6-8-19)20(2)10-14(21)11-22-16-4-3-12(18)9-15(16)17/h3-4,9,13-14,21H,5-8,10-11H2,1-2H3/p+2/t14-/m1/s1. The van der Waals surface area contributed by atoms with E-state index in [2.05, 4.69) is 14.1 Å². The third kappa shape index (κ3) is 5.09. The number of likely N-dealkylation sites (tertiary alicyclic amines) is 1. The second kappa shape index (κ2) is 8.11. The van der Waals surface area contributed by atoms with Crippen molar-refractivity contribution < 1.29 is 24.0 Å². The monoisotopic (exact) mass is 332 g/mol. The molecule has 22 heavy (non-hydrogen) atoms. The molecule has 2 atom stereocenters. The minimum Gasteiger partial charge on any atom is -0.489 e. The van der Waals surface area contributed by atoms with Crippen molar-refractivity contribution in [3.8, 4) is 5.75 Å². The first-order valence-corrected chi connectivity index (χ1v) is 8.23. The van der Waals surface area contributed by atoms with Crippen molar-refractivity contribution in [1.29, 1.82) is 0 Å². The van der Waals surface area contributed by atoms with Gasteiger partial charge in [-0.25, -0.2) is 4.39 Å². The summed E-state index contributed by atoms with van der Waals surface area (Å²) in [5.41, 5.74) is 0. The Morgan fingerprint density at radius 1 is 1.45 bits per heavy atom. The maximum atomic E-state index is 13.0. The Bertz CT molecular complexity index is 481. The van der Waals surface area contributed by atoms with Crippen LogP contribution < -0.4 is 14.5 Å². The zero-order chi connectivity index (χ0) is 16.1. The molecule has 6 heteroatoms. The molecule has 0 aromatic heterocycles. The smallest absolute Gasteiger partial charge is 0.138 e. The number of quaternary nitrogens is 2. The average molecular weight is 333 g/mol. The zero-order valence-electron chi connectivity index (χ0n) is 13.2. The van der Waals surface area contributed by atoms with Gasteiger partial charge in [0.15, 0.2) is 0 Å².